The molecule has 3 heteroatoms. The van der Waals surface area contributed by atoms with Gasteiger partial charge in [0, 0.05) is 22.0 Å². The van der Waals surface area contributed by atoms with Crippen molar-refractivity contribution in [2.45, 2.75) is 0 Å². The second-order valence-electron chi connectivity index (χ2n) is 3.47. The molecular formula is C12H10NOP. The summed E-state index contributed by atoms with van der Waals surface area (Å²) < 4.78 is 0. The van der Waals surface area contributed by atoms with Crippen LogP contribution in [0.2, 0.25) is 0 Å². The highest BCUT2D eigenvalue weighted by Gasteiger charge is 2.22. The van der Waals surface area contributed by atoms with Gasteiger partial charge in [-0.05, 0) is 24.3 Å². The molecule has 74 valence electrons. The van der Waals surface area contributed by atoms with Crippen LogP contribution in [0.3, 0.4) is 0 Å². The molecule has 0 bridgehead atoms. The number of hydrogen-bond acceptors (Lipinski definition) is 2. The van der Waals surface area contributed by atoms with Gasteiger partial charge in [0.15, 0.2) is 0 Å². The summed E-state index contributed by atoms with van der Waals surface area (Å²) in [6, 6.07) is 15.8. The van der Waals surface area contributed by atoms with E-state index in [0.717, 1.165) is 22.0 Å². The summed E-state index contributed by atoms with van der Waals surface area (Å²) in [5.74, 6) is 0. The van der Waals surface area contributed by atoms with Gasteiger partial charge in [-0.25, -0.2) is 0 Å². The molecule has 1 aliphatic heterocycles. The fourth-order valence-electron chi connectivity index (χ4n) is 1.80. The second-order valence-corrected chi connectivity index (χ2v) is 5.06. The summed E-state index contributed by atoms with van der Waals surface area (Å²) in [7, 11) is -1.19. The number of fused-ring (bicyclic) bond motifs is 2. The van der Waals surface area contributed by atoms with Crippen molar-refractivity contribution in [2.75, 3.05) is 5.32 Å². The van der Waals surface area contributed by atoms with Gasteiger partial charge in [0.2, 0.25) is 0 Å². The third kappa shape index (κ3) is 1.34. The Morgan fingerprint density at radius 3 is 1.80 bits per heavy atom. The van der Waals surface area contributed by atoms with Crippen molar-refractivity contribution in [1.29, 1.82) is 0 Å². The average Bonchev–Trinajstić information content (AvgIpc) is 2.30. The zero-order chi connectivity index (χ0) is 10.3. The van der Waals surface area contributed by atoms with Gasteiger partial charge < -0.3 is 10.2 Å². The van der Waals surface area contributed by atoms with E-state index in [2.05, 4.69) is 5.32 Å². The number of hydrogen-bond donors (Lipinski definition) is 2. The van der Waals surface area contributed by atoms with Gasteiger partial charge in [0.25, 0.3) is 0 Å². The highest BCUT2D eigenvalue weighted by atomic mass is 31.1. The molecule has 0 atom stereocenters. The molecule has 0 aromatic heterocycles. The molecule has 3 rings (SSSR count). The van der Waals surface area contributed by atoms with E-state index in [4.69, 9.17) is 0 Å². The molecule has 0 fully saturated rings. The fraction of sp³-hybridized carbons (Fsp3) is 0. The average molecular weight is 215 g/mol. The second kappa shape index (κ2) is 3.34. The van der Waals surface area contributed by atoms with E-state index in [-0.39, 0.29) is 0 Å². The van der Waals surface area contributed by atoms with Gasteiger partial charge in [-0.3, -0.25) is 0 Å². The molecule has 0 spiro atoms. The van der Waals surface area contributed by atoms with E-state index in [1.807, 2.05) is 48.5 Å². The minimum absolute atomic E-state index is 1.01. The summed E-state index contributed by atoms with van der Waals surface area (Å²) in [4.78, 5) is 10.2. The van der Waals surface area contributed by atoms with Crippen molar-refractivity contribution in [2.24, 2.45) is 0 Å². The minimum Gasteiger partial charge on any atom is -0.364 e. The molecule has 2 nitrogen and oxygen atoms in total. The third-order valence-electron chi connectivity index (χ3n) is 2.53. The highest BCUT2D eigenvalue weighted by molar-refractivity contribution is 7.68. The first-order valence-corrected chi connectivity index (χ1v) is 6.10. The molecule has 0 aliphatic carbocycles. The summed E-state index contributed by atoms with van der Waals surface area (Å²) >= 11 is 0. The number of rotatable bonds is 0. The van der Waals surface area contributed by atoms with E-state index in [0.29, 0.717) is 0 Å². The Bertz CT molecular complexity index is 467. The van der Waals surface area contributed by atoms with Crippen LogP contribution in [0.5, 0.6) is 0 Å². The van der Waals surface area contributed by atoms with Crippen LogP contribution in [0.1, 0.15) is 0 Å². The van der Waals surface area contributed by atoms with Crippen molar-refractivity contribution >= 4 is 30.1 Å². The molecule has 2 aromatic carbocycles. The van der Waals surface area contributed by atoms with Crippen LogP contribution in [0.4, 0.5) is 11.4 Å². The van der Waals surface area contributed by atoms with Crippen LogP contribution in [-0.2, 0) is 0 Å². The van der Waals surface area contributed by atoms with Crippen LogP contribution >= 0.6 is 8.15 Å². The molecule has 0 saturated heterocycles. The quantitative estimate of drug-likeness (QED) is 0.659. The van der Waals surface area contributed by atoms with E-state index in [9.17, 15) is 4.89 Å². The third-order valence-corrected chi connectivity index (χ3v) is 4.23. The molecule has 0 amide bonds. The van der Waals surface area contributed by atoms with Crippen LogP contribution in [0.15, 0.2) is 48.5 Å². The zero-order valence-electron chi connectivity index (χ0n) is 8.01. The molecule has 1 heterocycles. The van der Waals surface area contributed by atoms with Crippen LogP contribution in [0.25, 0.3) is 0 Å². The summed E-state index contributed by atoms with van der Waals surface area (Å²) in [6.45, 7) is 0. The van der Waals surface area contributed by atoms with Crippen LogP contribution in [-0.4, -0.2) is 4.89 Å². The summed E-state index contributed by atoms with van der Waals surface area (Å²) in [5, 5.41) is 5.34. The molecule has 2 aromatic rings. The van der Waals surface area contributed by atoms with Gasteiger partial charge in [0.05, 0.1) is 8.15 Å². The molecule has 0 unspecified atom stereocenters. The van der Waals surface area contributed by atoms with Gasteiger partial charge >= 0.3 is 0 Å². The normalized spacial score (nSPS) is 13.9. The molecule has 15 heavy (non-hydrogen) atoms. The van der Waals surface area contributed by atoms with Crippen molar-refractivity contribution in [3.63, 3.8) is 0 Å². The first-order chi connectivity index (χ1) is 7.36. The lowest BCUT2D eigenvalue weighted by molar-refractivity contribution is 0.644. The van der Waals surface area contributed by atoms with Crippen LogP contribution in [0, 0.1) is 0 Å². The Kier molecular flexibility index (Phi) is 1.98. The van der Waals surface area contributed by atoms with E-state index >= 15 is 0 Å². The zero-order valence-corrected chi connectivity index (χ0v) is 8.91. The smallest absolute Gasteiger partial charge is 0.0919 e. The largest absolute Gasteiger partial charge is 0.364 e. The van der Waals surface area contributed by atoms with Gasteiger partial charge in [-0.1, -0.05) is 24.3 Å². The Morgan fingerprint density at radius 2 is 1.27 bits per heavy atom. The van der Waals surface area contributed by atoms with Crippen LogP contribution < -0.4 is 15.9 Å². The predicted molar refractivity (Wildman–Crippen MR) is 64.6 cm³/mol. The maximum atomic E-state index is 10.2. The Morgan fingerprint density at radius 1 is 0.800 bits per heavy atom. The van der Waals surface area contributed by atoms with E-state index < -0.39 is 8.15 Å². The van der Waals surface area contributed by atoms with Crippen molar-refractivity contribution in [3.05, 3.63) is 48.5 Å². The Balaban J connectivity index is 2.20. The maximum Gasteiger partial charge on any atom is 0.0919 e. The molecule has 1 aliphatic rings. The molecule has 0 saturated carbocycles. The standard InChI is InChI=1S/C12H10NOP/c14-15-11-7-3-1-5-9(11)13-10-6-2-4-8-12(10)15/h1-8,13-14H. The number of anilines is 2. The van der Waals surface area contributed by atoms with Gasteiger partial charge in [-0.2, -0.15) is 0 Å². The van der Waals surface area contributed by atoms with Crippen molar-refractivity contribution in [3.8, 4) is 0 Å². The fourth-order valence-corrected chi connectivity index (χ4v) is 3.23. The van der Waals surface area contributed by atoms with Gasteiger partial charge in [0.1, 0.15) is 0 Å². The summed E-state index contributed by atoms with van der Waals surface area (Å²) in [5.41, 5.74) is 2.04. The lowest BCUT2D eigenvalue weighted by Crippen LogP contribution is -2.23. The van der Waals surface area contributed by atoms with Crippen molar-refractivity contribution in [1.82, 2.24) is 0 Å². The molecule has 0 radical (unpaired) electrons. The number of nitrogens with one attached hydrogen (secondary N) is 1. The Labute approximate surface area is 89.4 Å². The van der Waals surface area contributed by atoms with Gasteiger partial charge in [-0.15, -0.1) is 0 Å². The van der Waals surface area contributed by atoms with Crippen molar-refractivity contribution < 1.29 is 4.89 Å². The minimum atomic E-state index is -1.19. The topological polar surface area (TPSA) is 32.3 Å². The summed E-state index contributed by atoms with van der Waals surface area (Å²) in [6.07, 6.45) is 0. The highest BCUT2D eigenvalue weighted by Crippen LogP contribution is 2.39. The molecular weight excluding hydrogens is 205 g/mol. The lowest BCUT2D eigenvalue weighted by Gasteiger charge is -2.25. The number of para-hydroxylation sites is 2. The predicted octanol–water partition coefficient (Wildman–Crippen LogP) is 2.08. The lowest BCUT2D eigenvalue weighted by atomic mass is 10.2. The molecule has 2 N–H and O–H groups in total. The SMILES string of the molecule is OP1c2ccccc2Nc2ccccc21. The Hall–Kier alpha value is -1.37. The maximum absolute atomic E-state index is 10.2. The number of benzene rings is 2. The van der Waals surface area contributed by atoms with E-state index in [1.54, 1.807) is 0 Å². The first kappa shape index (κ1) is 8.90. The first-order valence-electron chi connectivity index (χ1n) is 4.80. The van der Waals surface area contributed by atoms with E-state index in [1.165, 1.54) is 0 Å². The monoisotopic (exact) mass is 215 g/mol.